The Bertz CT molecular complexity index is 455. The van der Waals surface area contributed by atoms with E-state index in [9.17, 15) is 0 Å². The van der Waals surface area contributed by atoms with Crippen molar-refractivity contribution in [3.8, 4) is 5.75 Å². The van der Waals surface area contributed by atoms with Crippen LogP contribution in [0.4, 0.5) is 0 Å². The van der Waals surface area contributed by atoms with E-state index in [1.807, 2.05) is 0 Å². The second kappa shape index (κ2) is 7.28. The zero-order valence-corrected chi connectivity index (χ0v) is 13.2. The van der Waals surface area contributed by atoms with E-state index in [0.29, 0.717) is 0 Å². The van der Waals surface area contributed by atoms with Crippen molar-refractivity contribution in [1.29, 1.82) is 0 Å². The van der Waals surface area contributed by atoms with Gasteiger partial charge in [0, 0.05) is 19.0 Å². The Balaban J connectivity index is 1.40. The SMILES string of the molecule is CN(CCc1ccc2c(c1)CCO2)CCC1CCCCN1. The van der Waals surface area contributed by atoms with Gasteiger partial charge in [0.05, 0.1) is 6.61 Å². The van der Waals surface area contributed by atoms with E-state index < -0.39 is 0 Å². The van der Waals surface area contributed by atoms with Crippen LogP contribution >= 0.6 is 0 Å². The molecule has 0 spiro atoms. The average Bonchev–Trinajstić information content (AvgIpc) is 2.99. The highest BCUT2D eigenvalue weighted by Crippen LogP contribution is 2.26. The summed E-state index contributed by atoms with van der Waals surface area (Å²) < 4.78 is 5.57. The first-order chi connectivity index (χ1) is 10.3. The molecule has 0 aliphatic carbocycles. The van der Waals surface area contributed by atoms with Crippen LogP contribution in [0.3, 0.4) is 0 Å². The van der Waals surface area contributed by atoms with E-state index in [2.05, 4.69) is 35.5 Å². The van der Waals surface area contributed by atoms with Crippen molar-refractivity contribution in [1.82, 2.24) is 10.2 Å². The lowest BCUT2D eigenvalue weighted by Gasteiger charge is -2.26. The van der Waals surface area contributed by atoms with Gasteiger partial charge in [-0.3, -0.25) is 0 Å². The highest BCUT2D eigenvalue weighted by molar-refractivity contribution is 5.39. The van der Waals surface area contributed by atoms with Crippen LogP contribution in [0.1, 0.15) is 36.8 Å². The molecular weight excluding hydrogens is 260 g/mol. The first-order valence-corrected chi connectivity index (χ1v) is 8.48. The second-order valence-corrected chi connectivity index (χ2v) is 6.53. The summed E-state index contributed by atoms with van der Waals surface area (Å²) in [5.74, 6) is 1.09. The van der Waals surface area contributed by atoms with Crippen molar-refractivity contribution >= 4 is 0 Å². The third-order valence-corrected chi connectivity index (χ3v) is 4.81. The third-order valence-electron chi connectivity index (χ3n) is 4.81. The van der Waals surface area contributed by atoms with Gasteiger partial charge in [0.2, 0.25) is 0 Å². The molecule has 21 heavy (non-hydrogen) atoms. The van der Waals surface area contributed by atoms with Gasteiger partial charge in [-0.15, -0.1) is 0 Å². The number of hydrogen-bond acceptors (Lipinski definition) is 3. The molecule has 2 heterocycles. The molecule has 0 amide bonds. The Morgan fingerprint density at radius 3 is 3.10 bits per heavy atom. The molecule has 2 aliphatic rings. The molecule has 2 aliphatic heterocycles. The quantitative estimate of drug-likeness (QED) is 0.871. The lowest BCUT2D eigenvalue weighted by Crippen LogP contribution is -2.37. The monoisotopic (exact) mass is 288 g/mol. The molecule has 1 atom stereocenters. The first-order valence-electron chi connectivity index (χ1n) is 8.48. The van der Waals surface area contributed by atoms with E-state index in [-0.39, 0.29) is 0 Å². The number of piperidine rings is 1. The van der Waals surface area contributed by atoms with Gasteiger partial charge in [0.25, 0.3) is 0 Å². The molecule has 0 aromatic heterocycles. The number of hydrogen-bond donors (Lipinski definition) is 1. The third kappa shape index (κ3) is 4.21. The molecule has 1 aromatic rings. The van der Waals surface area contributed by atoms with Crippen LogP contribution in [0.5, 0.6) is 5.75 Å². The lowest BCUT2D eigenvalue weighted by molar-refractivity contribution is 0.290. The molecule has 1 aromatic carbocycles. The first kappa shape index (κ1) is 14.9. The maximum absolute atomic E-state index is 5.57. The van der Waals surface area contributed by atoms with Crippen LogP contribution in [0.25, 0.3) is 0 Å². The molecule has 1 N–H and O–H groups in total. The fraction of sp³-hybridized carbons (Fsp3) is 0.667. The molecule has 0 saturated carbocycles. The number of ether oxygens (including phenoxy) is 1. The van der Waals surface area contributed by atoms with E-state index in [1.165, 1.54) is 49.9 Å². The predicted molar refractivity (Wildman–Crippen MR) is 87.1 cm³/mol. The molecule has 1 unspecified atom stereocenters. The van der Waals surface area contributed by atoms with E-state index >= 15 is 0 Å². The number of benzene rings is 1. The summed E-state index contributed by atoms with van der Waals surface area (Å²) in [5, 5.41) is 3.64. The van der Waals surface area contributed by atoms with Crippen LogP contribution in [0.2, 0.25) is 0 Å². The standard InChI is InChI=1S/C18H28N2O/c1-20(12-8-17-4-2-3-10-19-17)11-7-15-5-6-18-16(14-15)9-13-21-18/h5-6,14,17,19H,2-4,7-13H2,1H3. The van der Waals surface area contributed by atoms with Gasteiger partial charge in [0.15, 0.2) is 0 Å². The molecule has 0 bridgehead atoms. The van der Waals surface area contributed by atoms with E-state index in [1.54, 1.807) is 0 Å². The van der Waals surface area contributed by atoms with Gasteiger partial charge in [-0.1, -0.05) is 18.6 Å². The smallest absolute Gasteiger partial charge is 0.122 e. The van der Waals surface area contributed by atoms with Crippen LogP contribution < -0.4 is 10.1 Å². The second-order valence-electron chi connectivity index (χ2n) is 6.53. The summed E-state index contributed by atoms with van der Waals surface area (Å²) in [5.41, 5.74) is 2.84. The Hall–Kier alpha value is -1.06. The lowest BCUT2D eigenvalue weighted by atomic mass is 10.0. The number of fused-ring (bicyclic) bond motifs is 1. The van der Waals surface area contributed by atoms with Gasteiger partial charge in [-0.25, -0.2) is 0 Å². The predicted octanol–water partition coefficient (Wildman–Crippen LogP) is 2.63. The van der Waals surface area contributed by atoms with Gasteiger partial charge in [0.1, 0.15) is 5.75 Å². The molecule has 3 heteroatoms. The van der Waals surface area contributed by atoms with Crippen molar-refractivity contribution < 1.29 is 4.74 Å². The van der Waals surface area contributed by atoms with Crippen molar-refractivity contribution in [3.63, 3.8) is 0 Å². The van der Waals surface area contributed by atoms with E-state index in [0.717, 1.165) is 37.8 Å². The Kier molecular flexibility index (Phi) is 5.15. The topological polar surface area (TPSA) is 24.5 Å². The van der Waals surface area contributed by atoms with Crippen LogP contribution in [-0.4, -0.2) is 44.2 Å². The van der Waals surface area contributed by atoms with Gasteiger partial charge >= 0.3 is 0 Å². The van der Waals surface area contributed by atoms with Crippen LogP contribution in [0, 0.1) is 0 Å². The molecule has 3 nitrogen and oxygen atoms in total. The summed E-state index contributed by atoms with van der Waals surface area (Å²) in [6.45, 7) is 4.41. The normalized spacial score (nSPS) is 21.3. The fourth-order valence-electron chi connectivity index (χ4n) is 3.37. The molecule has 0 radical (unpaired) electrons. The minimum atomic E-state index is 0.748. The molecule has 3 rings (SSSR count). The highest BCUT2D eigenvalue weighted by atomic mass is 16.5. The highest BCUT2D eigenvalue weighted by Gasteiger charge is 2.14. The van der Waals surface area contributed by atoms with Crippen molar-refractivity contribution in [2.24, 2.45) is 0 Å². The summed E-state index contributed by atoms with van der Waals surface area (Å²) in [6, 6.07) is 7.45. The van der Waals surface area contributed by atoms with Gasteiger partial charge < -0.3 is 15.0 Å². The minimum absolute atomic E-state index is 0.748. The Morgan fingerprint density at radius 1 is 1.29 bits per heavy atom. The fourth-order valence-corrected chi connectivity index (χ4v) is 3.37. The molecule has 1 fully saturated rings. The summed E-state index contributed by atoms with van der Waals surface area (Å²) in [7, 11) is 2.25. The number of rotatable bonds is 6. The zero-order chi connectivity index (χ0) is 14.5. The summed E-state index contributed by atoms with van der Waals surface area (Å²) in [6.07, 6.45) is 7.62. The van der Waals surface area contributed by atoms with E-state index in [4.69, 9.17) is 4.74 Å². The summed E-state index contributed by atoms with van der Waals surface area (Å²) in [4.78, 5) is 2.47. The van der Waals surface area contributed by atoms with Crippen molar-refractivity contribution in [3.05, 3.63) is 29.3 Å². The molecule has 116 valence electrons. The zero-order valence-electron chi connectivity index (χ0n) is 13.2. The van der Waals surface area contributed by atoms with Crippen molar-refractivity contribution in [2.75, 3.05) is 33.3 Å². The Morgan fingerprint density at radius 2 is 2.24 bits per heavy atom. The van der Waals surface area contributed by atoms with Crippen LogP contribution in [0.15, 0.2) is 18.2 Å². The Labute approximate surface area is 128 Å². The maximum Gasteiger partial charge on any atom is 0.122 e. The van der Waals surface area contributed by atoms with Crippen LogP contribution in [-0.2, 0) is 12.8 Å². The number of likely N-dealkylation sites (N-methyl/N-ethyl adjacent to an activating group) is 1. The number of nitrogens with one attached hydrogen (secondary N) is 1. The maximum atomic E-state index is 5.57. The number of nitrogens with zero attached hydrogens (tertiary/aromatic N) is 1. The van der Waals surface area contributed by atoms with Gasteiger partial charge in [-0.2, -0.15) is 0 Å². The summed E-state index contributed by atoms with van der Waals surface area (Å²) >= 11 is 0. The van der Waals surface area contributed by atoms with Gasteiger partial charge in [-0.05, 0) is 63.0 Å². The average molecular weight is 288 g/mol. The minimum Gasteiger partial charge on any atom is -0.493 e. The molecular formula is C18H28N2O. The van der Waals surface area contributed by atoms with Crippen molar-refractivity contribution in [2.45, 2.75) is 44.6 Å². The molecule has 1 saturated heterocycles. The largest absolute Gasteiger partial charge is 0.493 e.